The number of aromatic amines is 1. The first-order chi connectivity index (χ1) is 11.6. The Balaban J connectivity index is 0.00000576. The van der Waals surface area contributed by atoms with Crippen molar-refractivity contribution in [2.45, 2.75) is 83.6 Å². The summed E-state index contributed by atoms with van der Waals surface area (Å²) in [6, 6.07) is -0.906. The van der Waals surface area contributed by atoms with Crippen LogP contribution >= 0.6 is 0 Å². The van der Waals surface area contributed by atoms with Crippen LogP contribution in [0.25, 0.3) is 0 Å². The maximum Gasteiger partial charge on any atom is 0.326 e. The van der Waals surface area contributed by atoms with Crippen molar-refractivity contribution >= 4 is 11.9 Å². The molecule has 138 valence electrons. The summed E-state index contributed by atoms with van der Waals surface area (Å²) in [7, 11) is 0. The van der Waals surface area contributed by atoms with Crippen molar-refractivity contribution in [3.63, 3.8) is 0 Å². The summed E-state index contributed by atoms with van der Waals surface area (Å²) in [4.78, 5) is 29.8. The average molecular weight is 403 g/mol. The molecule has 0 aromatic carbocycles. The van der Waals surface area contributed by atoms with E-state index in [0.29, 0.717) is 12.1 Å². The minimum atomic E-state index is -1.02. The third-order valence-electron chi connectivity index (χ3n) is 4.12. The van der Waals surface area contributed by atoms with Gasteiger partial charge in [-0.2, -0.15) is 0 Å². The summed E-state index contributed by atoms with van der Waals surface area (Å²) in [5, 5.41) is 11.8. The van der Waals surface area contributed by atoms with Gasteiger partial charge in [-0.05, 0) is 6.42 Å². The number of rotatable bonds is 14. The number of hydrogen-bond acceptors (Lipinski definition) is 3. The van der Waals surface area contributed by atoms with Gasteiger partial charge in [0.05, 0.1) is 6.33 Å². The molecule has 0 spiro atoms. The Labute approximate surface area is 163 Å². The molecular formula is C18H31N3O3Zn. The number of aliphatic carboxylic acids is 1. The summed E-state index contributed by atoms with van der Waals surface area (Å²) in [5.74, 6) is -1.21. The van der Waals surface area contributed by atoms with Crippen LogP contribution in [0.4, 0.5) is 0 Å². The minimum absolute atomic E-state index is 0. The van der Waals surface area contributed by atoms with Crippen LogP contribution in [-0.4, -0.2) is 33.0 Å². The summed E-state index contributed by atoms with van der Waals surface area (Å²) in [6.45, 7) is 2.22. The van der Waals surface area contributed by atoms with E-state index in [1.165, 1.54) is 44.9 Å². The van der Waals surface area contributed by atoms with E-state index in [9.17, 15) is 14.7 Å². The Morgan fingerprint density at radius 3 is 2.24 bits per heavy atom. The van der Waals surface area contributed by atoms with Gasteiger partial charge in [0.25, 0.3) is 0 Å². The summed E-state index contributed by atoms with van der Waals surface area (Å²) in [6.07, 6.45) is 14.4. The molecule has 7 heteroatoms. The number of carboxylic acids is 1. The van der Waals surface area contributed by atoms with Crippen LogP contribution in [0.2, 0.25) is 0 Å². The van der Waals surface area contributed by atoms with Gasteiger partial charge in [0, 0.05) is 44.2 Å². The van der Waals surface area contributed by atoms with Crippen molar-refractivity contribution in [2.24, 2.45) is 0 Å². The Kier molecular flexibility index (Phi) is 14.3. The zero-order chi connectivity index (χ0) is 17.6. The number of H-pyrrole nitrogens is 1. The fourth-order valence-electron chi connectivity index (χ4n) is 2.68. The topological polar surface area (TPSA) is 95.1 Å². The molecule has 1 heterocycles. The second kappa shape index (κ2) is 15.1. The van der Waals surface area contributed by atoms with Crippen molar-refractivity contribution in [1.82, 2.24) is 15.3 Å². The standard InChI is InChI=1S/C18H31N3O3.Zn/c1-2-3-4-5-6-7-8-9-10-11-17(22)21-16(18(23)24)12-15-13-19-14-20-15;/h13-14,16H,2-12H2,1H3,(H,19,20)(H,21,22)(H,23,24);/t16-;/m0./s1. The molecule has 0 bridgehead atoms. The number of unbranched alkanes of at least 4 members (excludes halogenated alkanes) is 8. The van der Waals surface area contributed by atoms with Gasteiger partial charge in [-0.25, -0.2) is 9.78 Å². The van der Waals surface area contributed by atoms with E-state index in [1.54, 1.807) is 6.20 Å². The molecule has 6 nitrogen and oxygen atoms in total. The Hall–Kier alpha value is -1.23. The Morgan fingerprint density at radius 1 is 1.12 bits per heavy atom. The predicted molar refractivity (Wildman–Crippen MR) is 93.7 cm³/mol. The van der Waals surface area contributed by atoms with Gasteiger partial charge < -0.3 is 15.4 Å². The molecule has 0 saturated carbocycles. The van der Waals surface area contributed by atoms with Gasteiger partial charge in [0.15, 0.2) is 0 Å². The van der Waals surface area contributed by atoms with Crippen molar-refractivity contribution in [2.75, 3.05) is 0 Å². The van der Waals surface area contributed by atoms with E-state index in [2.05, 4.69) is 22.2 Å². The molecule has 1 aromatic heterocycles. The van der Waals surface area contributed by atoms with E-state index >= 15 is 0 Å². The van der Waals surface area contributed by atoms with Crippen molar-refractivity contribution in [3.8, 4) is 0 Å². The zero-order valence-corrected chi connectivity index (χ0v) is 18.4. The molecule has 0 aliphatic heterocycles. The van der Waals surface area contributed by atoms with Gasteiger partial charge in [-0.15, -0.1) is 0 Å². The first-order valence-corrected chi connectivity index (χ1v) is 9.13. The summed E-state index contributed by atoms with van der Waals surface area (Å²) >= 11 is 0. The maximum atomic E-state index is 11.9. The van der Waals surface area contributed by atoms with Gasteiger partial charge >= 0.3 is 5.97 Å². The van der Waals surface area contributed by atoms with Crippen molar-refractivity contribution in [3.05, 3.63) is 18.2 Å². The molecule has 1 amide bonds. The summed E-state index contributed by atoms with van der Waals surface area (Å²) in [5.41, 5.74) is 0.700. The van der Waals surface area contributed by atoms with E-state index in [4.69, 9.17) is 0 Å². The van der Waals surface area contributed by atoms with Crippen LogP contribution in [0.1, 0.15) is 76.8 Å². The largest absolute Gasteiger partial charge is 0.480 e. The molecule has 0 aliphatic rings. The normalized spacial score (nSPS) is 11.6. The molecule has 0 aliphatic carbocycles. The third-order valence-corrected chi connectivity index (χ3v) is 4.12. The smallest absolute Gasteiger partial charge is 0.326 e. The fourth-order valence-corrected chi connectivity index (χ4v) is 2.68. The van der Waals surface area contributed by atoms with Crippen LogP contribution in [0.3, 0.4) is 0 Å². The number of imidazole rings is 1. The number of carbonyl (C=O) groups excluding carboxylic acids is 1. The predicted octanol–water partition coefficient (Wildman–Crippen LogP) is 3.44. The van der Waals surface area contributed by atoms with Crippen molar-refractivity contribution < 1.29 is 34.2 Å². The molecule has 1 aromatic rings. The number of nitrogens with one attached hydrogen (secondary N) is 2. The number of hydrogen-bond donors (Lipinski definition) is 3. The zero-order valence-electron chi connectivity index (χ0n) is 15.4. The van der Waals surface area contributed by atoms with E-state index in [-0.39, 0.29) is 31.8 Å². The Morgan fingerprint density at radius 2 is 1.72 bits per heavy atom. The molecule has 0 fully saturated rings. The van der Waals surface area contributed by atoms with Crippen molar-refractivity contribution in [1.29, 1.82) is 0 Å². The molecule has 0 unspecified atom stereocenters. The quantitative estimate of drug-likeness (QED) is 0.328. The van der Waals surface area contributed by atoms with Crippen LogP contribution in [-0.2, 0) is 35.5 Å². The molecule has 25 heavy (non-hydrogen) atoms. The number of aromatic nitrogens is 2. The third kappa shape index (κ3) is 11.9. The maximum absolute atomic E-state index is 11.9. The summed E-state index contributed by atoms with van der Waals surface area (Å²) < 4.78 is 0. The number of carboxylic acid groups (broad SMARTS) is 1. The van der Waals surface area contributed by atoms with Gasteiger partial charge in [0.1, 0.15) is 6.04 Å². The second-order valence-electron chi connectivity index (χ2n) is 6.32. The van der Waals surface area contributed by atoms with Gasteiger partial charge in [-0.1, -0.05) is 58.3 Å². The molecule has 3 N–H and O–H groups in total. The molecule has 0 saturated heterocycles. The molecular weight excluding hydrogens is 372 g/mol. The fraction of sp³-hybridized carbons (Fsp3) is 0.722. The van der Waals surface area contributed by atoms with E-state index < -0.39 is 12.0 Å². The van der Waals surface area contributed by atoms with Gasteiger partial charge in [0.2, 0.25) is 5.91 Å². The average Bonchev–Trinajstić information content (AvgIpc) is 3.05. The number of carbonyl (C=O) groups is 2. The molecule has 0 radical (unpaired) electrons. The van der Waals surface area contributed by atoms with Crippen LogP contribution in [0.15, 0.2) is 12.5 Å². The minimum Gasteiger partial charge on any atom is -0.480 e. The number of nitrogens with zero attached hydrogens (tertiary/aromatic N) is 1. The molecule has 1 rings (SSSR count). The first-order valence-electron chi connectivity index (χ1n) is 9.13. The second-order valence-corrected chi connectivity index (χ2v) is 6.32. The van der Waals surface area contributed by atoms with E-state index in [1.807, 2.05) is 0 Å². The van der Waals surface area contributed by atoms with Gasteiger partial charge in [-0.3, -0.25) is 4.79 Å². The number of amides is 1. The SMILES string of the molecule is CCCCCCCCCCCC(=O)N[C@@H](Cc1cnc[nH]1)C(=O)O.[Zn]. The first kappa shape index (κ1) is 23.8. The van der Waals surface area contributed by atoms with Crippen LogP contribution in [0.5, 0.6) is 0 Å². The molecule has 1 atom stereocenters. The van der Waals surface area contributed by atoms with E-state index in [0.717, 1.165) is 19.3 Å². The van der Waals surface area contributed by atoms with Crippen LogP contribution < -0.4 is 5.32 Å². The Bertz CT molecular complexity index is 466. The van der Waals surface area contributed by atoms with Crippen LogP contribution in [0, 0.1) is 0 Å². The monoisotopic (exact) mass is 401 g/mol.